The van der Waals surface area contributed by atoms with Crippen molar-refractivity contribution in [3.63, 3.8) is 0 Å². The Kier molecular flexibility index (Phi) is 9.14. The minimum absolute atomic E-state index is 0.0490. The van der Waals surface area contributed by atoms with Crippen LogP contribution < -0.4 is 0 Å². The number of carbonyl (C=O) groups excluding carboxylic acids is 1. The molecule has 7 heteroatoms. The van der Waals surface area contributed by atoms with E-state index in [2.05, 4.69) is 62.1 Å². The molecule has 6 bridgehead atoms. The first-order valence-corrected chi connectivity index (χ1v) is 23.1. The fraction of sp³-hybridized carbons (Fsp3) is 0.694. The highest BCUT2D eigenvalue weighted by atomic mass is 32.1. The first kappa shape index (κ1) is 38.1. The summed E-state index contributed by atoms with van der Waals surface area (Å²) in [5.74, 6) is 3.06. The first-order valence-electron chi connectivity index (χ1n) is 22.3. The number of carbonyl (C=O) groups is 1. The summed E-state index contributed by atoms with van der Waals surface area (Å²) in [4.78, 5) is 19.4. The number of hydrogen-bond donors (Lipinski definition) is 3. The number of allylic oxidation sites excluding steroid dienone is 4. The Balaban J connectivity index is 0.972. The molecule has 12 rings (SSSR count). The van der Waals surface area contributed by atoms with Crippen LogP contribution in [-0.4, -0.2) is 70.1 Å². The average molecular weight is 780 g/mol. The van der Waals surface area contributed by atoms with Gasteiger partial charge in [0.15, 0.2) is 5.78 Å². The van der Waals surface area contributed by atoms with E-state index in [1.54, 1.807) is 11.3 Å². The molecule has 1 heterocycles. The molecule has 7 saturated carbocycles. The highest BCUT2D eigenvalue weighted by Gasteiger charge is 2.74. The van der Waals surface area contributed by atoms with Gasteiger partial charge in [-0.15, -0.1) is 11.3 Å². The van der Waals surface area contributed by atoms with Crippen LogP contribution in [0.25, 0.3) is 0 Å². The van der Waals surface area contributed by atoms with E-state index < -0.39 is 22.5 Å². The van der Waals surface area contributed by atoms with Crippen LogP contribution in [0.4, 0.5) is 0 Å². The van der Waals surface area contributed by atoms with E-state index in [-0.39, 0.29) is 46.6 Å². The van der Waals surface area contributed by atoms with Crippen molar-refractivity contribution in [2.45, 2.75) is 129 Å². The van der Waals surface area contributed by atoms with Gasteiger partial charge in [-0.1, -0.05) is 62.4 Å². The molecule has 1 aromatic carbocycles. The number of benzene rings is 1. The Bertz CT molecular complexity index is 1870. The second kappa shape index (κ2) is 13.4. The molecule has 1 aromatic heterocycles. The van der Waals surface area contributed by atoms with Crippen LogP contribution in [0.5, 0.6) is 0 Å². The Hall–Kier alpha value is -2.13. The molecule has 0 aliphatic heterocycles. The van der Waals surface area contributed by atoms with Gasteiger partial charge in [0.25, 0.3) is 0 Å². The molecule has 0 saturated heterocycles. The monoisotopic (exact) mass is 779 g/mol. The van der Waals surface area contributed by atoms with Crippen LogP contribution in [0, 0.1) is 63.6 Å². The number of Topliss-reactive ketones (excluding diaryl/α,β-unsaturated/α-hetero) is 1. The average Bonchev–Trinajstić information content (AvgIpc) is 3.70. The number of rotatable bonds is 12. The van der Waals surface area contributed by atoms with Crippen molar-refractivity contribution in [1.82, 2.24) is 4.90 Å². The van der Waals surface area contributed by atoms with E-state index in [0.717, 1.165) is 77.3 Å². The molecule has 302 valence electrons. The third-order valence-electron chi connectivity index (χ3n) is 18.0. The van der Waals surface area contributed by atoms with Gasteiger partial charge in [0.1, 0.15) is 0 Å². The van der Waals surface area contributed by atoms with Crippen molar-refractivity contribution in [3.8, 4) is 0 Å². The third-order valence-corrected chi connectivity index (χ3v) is 19.0. The lowest BCUT2D eigenvalue weighted by molar-refractivity contribution is -0.179. The SMILES string of the molecule is Cc1ccc(C(=O)C2=C[C@@]34C=C[C@@]25[C@@H]2CC[C@@](O)(CN(C[C@@H](O)COCc6ccccc6)CC67CC8CC(CC(C8)C6)C7)[C@@]2(C)CC[C@@H]5[C@@]3(C)CCC(O)C4)s1. The lowest BCUT2D eigenvalue weighted by Crippen LogP contribution is -2.67. The molecule has 10 aliphatic carbocycles. The Morgan fingerprint density at radius 1 is 0.875 bits per heavy atom. The molecular weight excluding hydrogens is 715 g/mol. The number of aryl methyl sites for hydroxylation is 1. The van der Waals surface area contributed by atoms with E-state index in [1.165, 1.54) is 38.5 Å². The standard InChI is InChI=1S/C49H65NO5S/c1-32-9-10-40(56-32)43(53)39-26-47-17-18-49(39)41(44(47,2)14-11-37(51)25-47)12-15-45(3)42(49)13-16-48(45,54)31-50(27-38(52)29-55-28-33-7-5-4-6-8-33)30-46-22-34-19-35(23-46)21-36(20-34)24-46/h4-10,17-18,26,34-38,41-42,51-52,54H,11-16,19-25,27-31H2,1-3H3/t34?,35?,36?,37?,38-,41-,42-,44-,45+,46?,47+,48-,49-/m1/s1. The predicted octanol–water partition coefficient (Wildman–Crippen LogP) is 8.93. The van der Waals surface area contributed by atoms with Gasteiger partial charge in [0, 0.05) is 46.3 Å². The Morgan fingerprint density at radius 3 is 2.25 bits per heavy atom. The lowest BCUT2D eigenvalue weighted by Gasteiger charge is -2.71. The van der Waals surface area contributed by atoms with Crippen molar-refractivity contribution in [2.24, 2.45) is 56.7 Å². The fourth-order valence-electron chi connectivity index (χ4n) is 16.0. The van der Waals surface area contributed by atoms with Crippen molar-refractivity contribution >= 4 is 17.1 Å². The van der Waals surface area contributed by atoms with Crippen molar-refractivity contribution in [2.75, 3.05) is 26.2 Å². The first-order chi connectivity index (χ1) is 26.8. The van der Waals surface area contributed by atoms with E-state index in [1.807, 2.05) is 24.3 Å². The summed E-state index contributed by atoms with van der Waals surface area (Å²) < 4.78 is 6.10. The number of ether oxygens (including phenoxy) is 1. The molecule has 2 aromatic rings. The van der Waals surface area contributed by atoms with E-state index >= 15 is 0 Å². The second-order valence-corrected chi connectivity index (χ2v) is 22.6. The summed E-state index contributed by atoms with van der Waals surface area (Å²) in [6.45, 7) is 9.64. The van der Waals surface area contributed by atoms with Crippen LogP contribution in [0.15, 0.2) is 66.3 Å². The van der Waals surface area contributed by atoms with Gasteiger partial charge >= 0.3 is 0 Å². The van der Waals surface area contributed by atoms with Gasteiger partial charge < -0.3 is 20.1 Å². The van der Waals surface area contributed by atoms with Crippen molar-refractivity contribution in [3.05, 3.63) is 81.6 Å². The molecule has 1 unspecified atom stereocenters. The largest absolute Gasteiger partial charge is 0.393 e. The molecule has 2 spiro atoms. The molecule has 0 radical (unpaired) electrons. The molecule has 10 aliphatic rings. The Labute approximate surface area is 338 Å². The lowest BCUT2D eigenvalue weighted by atomic mass is 9.32. The van der Waals surface area contributed by atoms with Crippen LogP contribution in [0.2, 0.25) is 0 Å². The van der Waals surface area contributed by atoms with Crippen LogP contribution >= 0.6 is 11.3 Å². The molecule has 7 fully saturated rings. The zero-order valence-corrected chi connectivity index (χ0v) is 34.9. The summed E-state index contributed by atoms with van der Waals surface area (Å²) in [7, 11) is 0. The van der Waals surface area contributed by atoms with Gasteiger partial charge in [-0.05, 0) is 149 Å². The number of ketones is 1. The minimum atomic E-state index is -0.957. The molecular formula is C49H65NO5S. The molecule has 3 N–H and O–H groups in total. The molecule has 9 atom stereocenters. The van der Waals surface area contributed by atoms with E-state index in [0.29, 0.717) is 32.5 Å². The van der Waals surface area contributed by atoms with Crippen LogP contribution in [0.1, 0.15) is 117 Å². The smallest absolute Gasteiger partial charge is 0.199 e. The quantitative estimate of drug-likeness (QED) is 0.147. The number of aliphatic hydroxyl groups excluding tert-OH is 2. The second-order valence-electron chi connectivity index (χ2n) is 21.3. The highest BCUT2D eigenvalue weighted by molar-refractivity contribution is 7.14. The highest BCUT2D eigenvalue weighted by Crippen LogP contribution is 2.78. The summed E-state index contributed by atoms with van der Waals surface area (Å²) >= 11 is 1.59. The molecule has 56 heavy (non-hydrogen) atoms. The number of nitrogens with zero attached hydrogens (tertiary/aromatic N) is 1. The van der Waals surface area contributed by atoms with Gasteiger partial charge in [-0.2, -0.15) is 0 Å². The number of hydrogen-bond acceptors (Lipinski definition) is 7. The fourth-order valence-corrected chi connectivity index (χ4v) is 16.9. The maximum Gasteiger partial charge on any atom is 0.199 e. The number of thiophene rings is 1. The molecule has 6 nitrogen and oxygen atoms in total. The summed E-state index contributed by atoms with van der Waals surface area (Å²) in [5, 5.41) is 36.2. The molecule has 0 amide bonds. The summed E-state index contributed by atoms with van der Waals surface area (Å²) in [6, 6.07) is 14.3. The zero-order valence-electron chi connectivity index (χ0n) is 34.1. The maximum atomic E-state index is 14.9. The van der Waals surface area contributed by atoms with Gasteiger partial charge in [0.05, 0.1) is 35.9 Å². The normalized spacial score (nSPS) is 44.7. The van der Waals surface area contributed by atoms with Crippen molar-refractivity contribution < 1.29 is 24.9 Å². The van der Waals surface area contributed by atoms with Gasteiger partial charge in [-0.3, -0.25) is 9.69 Å². The Morgan fingerprint density at radius 2 is 1.55 bits per heavy atom. The summed E-state index contributed by atoms with van der Waals surface area (Å²) in [5.41, 5.74) is 0.115. The zero-order chi connectivity index (χ0) is 38.7. The van der Waals surface area contributed by atoms with E-state index in [4.69, 9.17) is 4.74 Å². The third kappa shape index (κ3) is 5.74. The van der Waals surface area contributed by atoms with Crippen LogP contribution in [-0.2, 0) is 11.3 Å². The topological polar surface area (TPSA) is 90.2 Å². The number of fused-ring (bicyclic) bond motifs is 1. The summed E-state index contributed by atoms with van der Waals surface area (Å²) in [6.07, 6.45) is 20.2. The van der Waals surface area contributed by atoms with Gasteiger partial charge in [0.2, 0.25) is 0 Å². The van der Waals surface area contributed by atoms with Crippen LogP contribution in [0.3, 0.4) is 0 Å². The predicted molar refractivity (Wildman–Crippen MR) is 221 cm³/mol. The number of aliphatic hydroxyl groups is 3. The van der Waals surface area contributed by atoms with Gasteiger partial charge in [-0.25, -0.2) is 0 Å². The van der Waals surface area contributed by atoms with E-state index in [9.17, 15) is 20.1 Å². The minimum Gasteiger partial charge on any atom is -0.393 e. The maximum absolute atomic E-state index is 14.9. The van der Waals surface area contributed by atoms with Crippen molar-refractivity contribution in [1.29, 1.82) is 0 Å².